The lowest BCUT2D eigenvalue weighted by Crippen LogP contribution is -2.27. The SMILES string of the molecule is Cc1nc(N(C)C(=O)Cc2ccc(-c3cc(F)ccc3F)cc2)sc1P(C)(N)=O. The summed E-state index contributed by atoms with van der Waals surface area (Å²) in [6.07, 6.45) is 0.1000. The zero-order chi connectivity index (χ0) is 21.3. The first-order valence-corrected chi connectivity index (χ1v) is 11.7. The van der Waals surface area contributed by atoms with Gasteiger partial charge in [-0.05, 0) is 36.2 Å². The molecule has 152 valence electrons. The summed E-state index contributed by atoms with van der Waals surface area (Å²) in [6, 6.07) is 9.97. The van der Waals surface area contributed by atoms with Crippen molar-refractivity contribution in [3.05, 3.63) is 65.4 Å². The molecule has 2 N–H and O–H groups in total. The highest BCUT2D eigenvalue weighted by Gasteiger charge is 2.23. The van der Waals surface area contributed by atoms with Crippen molar-refractivity contribution in [3.63, 3.8) is 0 Å². The topological polar surface area (TPSA) is 76.3 Å². The van der Waals surface area contributed by atoms with Crippen molar-refractivity contribution in [1.82, 2.24) is 4.98 Å². The van der Waals surface area contributed by atoms with Crippen LogP contribution in [0.5, 0.6) is 0 Å². The maximum atomic E-state index is 13.9. The number of aryl methyl sites for hydroxylation is 1. The van der Waals surface area contributed by atoms with Gasteiger partial charge in [-0.25, -0.2) is 13.8 Å². The Kier molecular flexibility index (Phi) is 5.98. The second-order valence-corrected chi connectivity index (χ2v) is 10.5. The van der Waals surface area contributed by atoms with Gasteiger partial charge in [-0.1, -0.05) is 35.6 Å². The van der Waals surface area contributed by atoms with E-state index in [-0.39, 0.29) is 17.9 Å². The van der Waals surface area contributed by atoms with Crippen LogP contribution >= 0.6 is 18.6 Å². The average Bonchev–Trinajstić information content (AvgIpc) is 3.06. The molecule has 0 saturated carbocycles. The first-order valence-electron chi connectivity index (χ1n) is 8.71. The Labute approximate surface area is 171 Å². The van der Waals surface area contributed by atoms with Crippen molar-refractivity contribution in [1.29, 1.82) is 0 Å². The molecule has 5 nitrogen and oxygen atoms in total. The molecule has 3 aromatic rings. The molecule has 1 amide bonds. The van der Waals surface area contributed by atoms with E-state index < -0.39 is 18.9 Å². The lowest BCUT2D eigenvalue weighted by molar-refractivity contribution is -0.117. The molecule has 0 aliphatic rings. The molecule has 2 aromatic carbocycles. The Bertz CT molecular complexity index is 1110. The van der Waals surface area contributed by atoms with Crippen LogP contribution in [0.2, 0.25) is 0 Å². The highest BCUT2D eigenvalue weighted by Crippen LogP contribution is 2.36. The van der Waals surface area contributed by atoms with E-state index in [0.29, 0.717) is 21.0 Å². The Morgan fingerprint density at radius 2 is 1.86 bits per heavy atom. The number of likely N-dealkylation sites (N-methyl/N-ethyl adjacent to an activating group) is 1. The molecular weight excluding hydrogens is 415 g/mol. The van der Waals surface area contributed by atoms with Crippen molar-refractivity contribution in [2.75, 3.05) is 18.6 Å². The summed E-state index contributed by atoms with van der Waals surface area (Å²) in [4.78, 5) is 18.3. The normalized spacial score (nSPS) is 13.2. The highest BCUT2D eigenvalue weighted by atomic mass is 32.1. The quantitative estimate of drug-likeness (QED) is 0.613. The zero-order valence-corrected chi connectivity index (χ0v) is 17.9. The van der Waals surface area contributed by atoms with Gasteiger partial charge in [0.2, 0.25) is 5.91 Å². The third-order valence-corrected chi connectivity index (χ3v) is 7.90. The predicted molar refractivity (Wildman–Crippen MR) is 113 cm³/mol. The van der Waals surface area contributed by atoms with Crippen LogP contribution in [0, 0.1) is 18.6 Å². The van der Waals surface area contributed by atoms with Gasteiger partial charge in [0.05, 0.1) is 12.1 Å². The van der Waals surface area contributed by atoms with Crippen LogP contribution in [0.4, 0.5) is 13.9 Å². The van der Waals surface area contributed by atoms with E-state index in [1.165, 1.54) is 11.6 Å². The molecular formula is C20H20F2N3O2PS. The zero-order valence-electron chi connectivity index (χ0n) is 16.1. The largest absolute Gasteiger partial charge is 0.301 e. The van der Waals surface area contributed by atoms with Gasteiger partial charge in [-0.15, -0.1) is 0 Å². The minimum atomic E-state index is -2.95. The summed E-state index contributed by atoms with van der Waals surface area (Å²) in [5, 5.41) is 0.425. The van der Waals surface area contributed by atoms with Crippen molar-refractivity contribution in [3.8, 4) is 11.1 Å². The smallest absolute Gasteiger partial charge is 0.232 e. The van der Waals surface area contributed by atoms with Crippen molar-refractivity contribution >= 4 is 34.3 Å². The molecule has 1 unspecified atom stereocenters. The number of halogens is 2. The summed E-state index contributed by atoms with van der Waals surface area (Å²) >= 11 is 1.14. The number of carbonyl (C=O) groups excluding carboxylic acids is 1. The summed E-state index contributed by atoms with van der Waals surface area (Å²) in [7, 11) is -1.36. The lowest BCUT2D eigenvalue weighted by atomic mass is 10.0. The van der Waals surface area contributed by atoms with E-state index in [1.807, 2.05) is 0 Å². The van der Waals surface area contributed by atoms with E-state index in [9.17, 15) is 18.1 Å². The van der Waals surface area contributed by atoms with Gasteiger partial charge < -0.3 is 4.57 Å². The van der Waals surface area contributed by atoms with E-state index in [4.69, 9.17) is 5.50 Å². The van der Waals surface area contributed by atoms with Crippen LogP contribution < -0.4 is 15.0 Å². The highest BCUT2D eigenvalue weighted by molar-refractivity contribution is 7.74. The lowest BCUT2D eigenvalue weighted by Gasteiger charge is -2.14. The molecule has 0 radical (unpaired) electrons. The number of nitrogens with zero attached hydrogens (tertiary/aromatic N) is 2. The van der Waals surface area contributed by atoms with Gasteiger partial charge >= 0.3 is 0 Å². The minimum absolute atomic E-state index is 0.1000. The van der Waals surface area contributed by atoms with Crippen molar-refractivity contribution < 1.29 is 18.1 Å². The van der Waals surface area contributed by atoms with Gasteiger partial charge in [-0.3, -0.25) is 15.2 Å². The monoisotopic (exact) mass is 435 g/mol. The molecule has 0 saturated heterocycles. The summed E-state index contributed by atoms with van der Waals surface area (Å²) in [6.45, 7) is 3.17. The molecule has 0 fully saturated rings. The first kappa shape index (κ1) is 21.3. The number of amides is 1. The van der Waals surface area contributed by atoms with Crippen LogP contribution in [-0.2, 0) is 15.8 Å². The van der Waals surface area contributed by atoms with Crippen molar-refractivity contribution in [2.24, 2.45) is 5.50 Å². The molecule has 0 spiro atoms. The minimum Gasteiger partial charge on any atom is -0.301 e. The number of hydrogen-bond donors (Lipinski definition) is 1. The molecule has 1 atom stereocenters. The van der Waals surface area contributed by atoms with Crippen LogP contribution in [0.15, 0.2) is 42.5 Å². The number of thiazole rings is 1. The Morgan fingerprint density at radius 1 is 1.21 bits per heavy atom. The van der Waals surface area contributed by atoms with Gasteiger partial charge in [0.1, 0.15) is 16.3 Å². The van der Waals surface area contributed by atoms with Crippen LogP contribution in [0.3, 0.4) is 0 Å². The van der Waals surface area contributed by atoms with Gasteiger partial charge in [0.25, 0.3) is 0 Å². The fourth-order valence-electron chi connectivity index (χ4n) is 2.85. The standard InChI is InChI=1S/C20H20F2N3O2PS/c1-12-19(28(3,23)27)29-20(24-12)25(2)18(26)10-13-4-6-14(7-5-13)16-11-15(21)8-9-17(16)22/h4-9,11H,10H2,1-3H3,(H2,23,27). The molecule has 1 heterocycles. The summed E-state index contributed by atoms with van der Waals surface area (Å²) in [5.41, 5.74) is 7.68. The molecule has 0 bridgehead atoms. The Balaban J connectivity index is 1.75. The van der Waals surface area contributed by atoms with E-state index in [0.717, 1.165) is 35.1 Å². The van der Waals surface area contributed by atoms with E-state index in [2.05, 4.69) is 4.98 Å². The van der Waals surface area contributed by atoms with Gasteiger partial charge in [-0.2, -0.15) is 0 Å². The fourth-order valence-corrected chi connectivity index (χ4v) is 5.30. The molecule has 3 rings (SSSR count). The molecule has 1 aromatic heterocycles. The molecule has 9 heteroatoms. The van der Waals surface area contributed by atoms with Crippen molar-refractivity contribution in [2.45, 2.75) is 13.3 Å². The predicted octanol–water partition coefficient (Wildman–Crippen LogP) is 4.09. The van der Waals surface area contributed by atoms with Crippen LogP contribution in [0.25, 0.3) is 11.1 Å². The number of benzene rings is 2. The second-order valence-electron chi connectivity index (χ2n) is 6.83. The number of carbonyl (C=O) groups is 1. The number of aromatic nitrogens is 1. The van der Waals surface area contributed by atoms with E-state index in [1.54, 1.807) is 38.2 Å². The number of anilines is 1. The Hall–Kier alpha value is -2.41. The first-order chi connectivity index (χ1) is 13.6. The number of nitrogens with two attached hydrogens (primary N) is 1. The maximum Gasteiger partial charge on any atom is 0.232 e. The molecule has 29 heavy (non-hydrogen) atoms. The fraction of sp³-hybridized carbons (Fsp3) is 0.200. The third-order valence-electron chi connectivity index (χ3n) is 4.37. The molecule has 0 aliphatic carbocycles. The summed E-state index contributed by atoms with van der Waals surface area (Å²) in [5.74, 6) is -1.24. The van der Waals surface area contributed by atoms with E-state index >= 15 is 0 Å². The van der Waals surface area contributed by atoms with Crippen LogP contribution in [0.1, 0.15) is 11.3 Å². The average molecular weight is 435 g/mol. The maximum absolute atomic E-state index is 13.9. The van der Waals surface area contributed by atoms with Gasteiger partial charge in [0.15, 0.2) is 12.4 Å². The molecule has 0 aliphatic heterocycles. The van der Waals surface area contributed by atoms with Gasteiger partial charge in [0, 0.05) is 19.3 Å². The summed E-state index contributed by atoms with van der Waals surface area (Å²) < 4.78 is 39.9. The third kappa shape index (κ3) is 4.78. The number of rotatable bonds is 5. The number of hydrogen-bond acceptors (Lipinski definition) is 4. The van der Waals surface area contributed by atoms with Crippen LogP contribution in [-0.4, -0.2) is 24.6 Å². The Morgan fingerprint density at radius 3 is 2.45 bits per heavy atom. The second kappa shape index (κ2) is 8.14.